The van der Waals surface area contributed by atoms with Crippen molar-refractivity contribution in [3.8, 4) is 0 Å². The van der Waals surface area contributed by atoms with Crippen LogP contribution in [0.15, 0.2) is 72.2 Å². The van der Waals surface area contributed by atoms with Crippen LogP contribution in [0.1, 0.15) is 26.8 Å². The molecule has 0 spiro atoms. The van der Waals surface area contributed by atoms with Crippen LogP contribution in [-0.2, 0) is 11.3 Å². The highest BCUT2D eigenvalue weighted by molar-refractivity contribution is 7.12. The monoisotopic (exact) mass is 391 g/mol. The smallest absolute Gasteiger partial charge is 0.263 e. The molecule has 28 heavy (non-hydrogen) atoms. The first-order valence-corrected chi connectivity index (χ1v) is 10.2. The molecule has 0 bridgehead atoms. The zero-order valence-corrected chi connectivity index (χ0v) is 16.1. The number of nitrogens with zero attached hydrogens (tertiary/aromatic N) is 2. The zero-order valence-electron chi connectivity index (χ0n) is 15.3. The van der Waals surface area contributed by atoms with E-state index in [-0.39, 0.29) is 23.7 Å². The fraction of sp³-hybridized carbons (Fsp3) is 0.227. The minimum atomic E-state index is -0.282. The number of thiophene rings is 1. The number of likely N-dealkylation sites (tertiary alicyclic amines) is 1. The normalized spacial score (nSPS) is 18.8. The number of hydrogen-bond acceptors (Lipinski definition) is 4. The summed E-state index contributed by atoms with van der Waals surface area (Å²) in [5.41, 5.74) is 1.90. The van der Waals surface area contributed by atoms with Gasteiger partial charge in [-0.1, -0.05) is 42.5 Å². The number of amides is 2. The number of carbonyl (C=O) groups excluding carboxylic acids is 2. The van der Waals surface area contributed by atoms with Crippen molar-refractivity contribution in [2.75, 3.05) is 13.1 Å². The molecule has 3 heterocycles. The highest BCUT2D eigenvalue weighted by Gasteiger charge is 2.40. The van der Waals surface area contributed by atoms with Crippen LogP contribution < -0.4 is 5.32 Å². The summed E-state index contributed by atoms with van der Waals surface area (Å²) in [5, 5.41) is 4.90. The van der Waals surface area contributed by atoms with E-state index in [0.29, 0.717) is 24.5 Å². The molecule has 5 nitrogen and oxygen atoms in total. The number of rotatable bonds is 5. The number of nitrogens with one attached hydrogen (secondary N) is 1. The van der Waals surface area contributed by atoms with Crippen LogP contribution >= 0.6 is 11.3 Å². The third-order valence-electron chi connectivity index (χ3n) is 5.07. The Hall–Kier alpha value is -2.99. The van der Waals surface area contributed by atoms with Crippen molar-refractivity contribution in [1.82, 2.24) is 15.2 Å². The molecular weight excluding hydrogens is 370 g/mol. The number of carbonyl (C=O) groups is 2. The van der Waals surface area contributed by atoms with Crippen molar-refractivity contribution >= 4 is 23.2 Å². The molecule has 1 fully saturated rings. The predicted molar refractivity (Wildman–Crippen MR) is 109 cm³/mol. The largest absolute Gasteiger partial charge is 0.350 e. The third kappa shape index (κ3) is 3.97. The van der Waals surface area contributed by atoms with Gasteiger partial charge in [0, 0.05) is 25.2 Å². The summed E-state index contributed by atoms with van der Waals surface area (Å²) in [6, 6.07) is 19.3. The lowest BCUT2D eigenvalue weighted by Gasteiger charge is -2.18. The summed E-state index contributed by atoms with van der Waals surface area (Å²) >= 11 is 1.43. The van der Waals surface area contributed by atoms with E-state index in [1.807, 2.05) is 66.0 Å². The van der Waals surface area contributed by atoms with E-state index in [1.54, 1.807) is 11.1 Å². The van der Waals surface area contributed by atoms with Crippen molar-refractivity contribution in [2.45, 2.75) is 12.5 Å². The number of benzene rings is 1. The van der Waals surface area contributed by atoms with E-state index in [4.69, 9.17) is 0 Å². The molecule has 2 amide bonds. The lowest BCUT2D eigenvalue weighted by Crippen LogP contribution is -2.35. The van der Waals surface area contributed by atoms with E-state index in [0.717, 1.165) is 11.3 Å². The average molecular weight is 391 g/mol. The minimum Gasteiger partial charge on any atom is -0.350 e. The molecule has 1 N–H and O–H groups in total. The molecule has 0 aliphatic carbocycles. The van der Waals surface area contributed by atoms with Crippen LogP contribution in [0.2, 0.25) is 0 Å². The van der Waals surface area contributed by atoms with Gasteiger partial charge in [0.1, 0.15) is 0 Å². The molecule has 1 saturated heterocycles. The van der Waals surface area contributed by atoms with E-state index in [1.165, 1.54) is 11.3 Å². The standard InChI is InChI=1S/C22H21N3O2S/c26-21(24-13-17-9-4-5-11-23-17)19-15-25(22(27)20-10-6-12-28-20)14-18(19)16-7-2-1-3-8-16/h1-12,18-19H,13-15H2,(H,24,26). The quantitative estimate of drug-likeness (QED) is 0.726. The first-order chi connectivity index (χ1) is 13.7. The molecule has 3 aromatic rings. The molecule has 2 aromatic heterocycles. The van der Waals surface area contributed by atoms with Gasteiger partial charge < -0.3 is 10.2 Å². The van der Waals surface area contributed by atoms with Crippen molar-refractivity contribution in [1.29, 1.82) is 0 Å². The summed E-state index contributed by atoms with van der Waals surface area (Å²) in [4.78, 5) is 32.6. The first kappa shape index (κ1) is 18.4. The van der Waals surface area contributed by atoms with Gasteiger partial charge in [0.05, 0.1) is 23.0 Å². The predicted octanol–water partition coefficient (Wildman–Crippen LogP) is 3.32. The van der Waals surface area contributed by atoms with Gasteiger partial charge in [-0.05, 0) is 29.1 Å². The van der Waals surface area contributed by atoms with Gasteiger partial charge in [0.25, 0.3) is 5.91 Å². The summed E-state index contributed by atoms with van der Waals surface area (Å²) < 4.78 is 0. The second-order valence-corrected chi connectivity index (χ2v) is 7.80. The maximum absolute atomic E-state index is 13.0. The Balaban J connectivity index is 1.52. The van der Waals surface area contributed by atoms with Crippen molar-refractivity contribution in [3.05, 3.63) is 88.4 Å². The van der Waals surface area contributed by atoms with Crippen LogP contribution in [0.5, 0.6) is 0 Å². The lowest BCUT2D eigenvalue weighted by molar-refractivity contribution is -0.125. The SMILES string of the molecule is O=C(NCc1ccccn1)C1CN(C(=O)c2cccs2)CC1c1ccccc1. The van der Waals surface area contributed by atoms with Crippen LogP contribution in [-0.4, -0.2) is 34.8 Å². The van der Waals surface area contributed by atoms with E-state index >= 15 is 0 Å². The molecule has 0 radical (unpaired) electrons. The third-order valence-corrected chi connectivity index (χ3v) is 5.93. The highest BCUT2D eigenvalue weighted by Crippen LogP contribution is 2.34. The van der Waals surface area contributed by atoms with Gasteiger partial charge in [0.15, 0.2) is 0 Å². The van der Waals surface area contributed by atoms with Gasteiger partial charge in [-0.2, -0.15) is 0 Å². The molecule has 1 aliphatic heterocycles. The molecule has 0 saturated carbocycles. The Morgan fingerprint density at radius 1 is 1.04 bits per heavy atom. The van der Waals surface area contributed by atoms with E-state index < -0.39 is 0 Å². The van der Waals surface area contributed by atoms with Crippen molar-refractivity contribution in [2.24, 2.45) is 5.92 Å². The summed E-state index contributed by atoms with van der Waals surface area (Å²) in [5.74, 6) is -0.346. The highest BCUT2D eigenvalue weighted by atomic mass is 32.1. The van der Waals surface area contributed by atoms with Gasteiger partial charge in [0.2, 0.25) is 5.91 Å². The summed E-state index contributed by atoms with van der Waals surface area (Å²) in [6.07, 6.45) is 1.71. The van der Waals surface area contributed by atoms with Gasteiger partial charge in [-0.15, -0.1) is 11.3 Å². The second-order valence-electron chi connectivity index (χ2n) is 6.85. The van der Waals surface area contributed by atoms with Gasteiger partial charge in [-0.3, -0.25) is 14.6 Å². The molecule has 2 unspecified atom stereocenters. The molecule has 1 aromatic carbocycles. The molecule has 1 aliphatic rings. The van der Waals surface area contributed by atoms with Crippen molar-refractivity contribution in [3.63, 3.8) is 0 Å². The number of pyridine rings is 1. The van der Waals surface area contributed by atoms with Gasteiger partial charge in [-0.25, -0.2) is 0 Å². The molecular formula is C22H21N3O2S. The Morgan fingerprint density at radius 2 is 1.86 bits per heavy atom. The zero-order chi connectivity index (χ0) is 19.3. The number of hydrogen-bond donors (Lipinski definition) is 1. The Labute approximate surface area is 168 Å². The Morgan fingerprint density at radius 3 is 2.57 bits per heavy atom. The topological polar surface area (TPSA) is 62.3 Å². The maximum Gasteiger partial charge on any atom is 0.263 e. The second kappa shape index (κ2) is 8.35. The van der Waals surface area contributed by atoms with Gasteiger partial charge >= 0.3 is 0 Å². The average Bonchev–Trinajstić information content (AvgIpc) is 3.43. The van der Waals surface area contributed by atoms with Crippen LogP contribution in [0.3, 0.4) is 0 Å². The Kier molecular flexibility index (Phi) is 5.48. The molecule has 4 rings (SSSR count). The maximum atomic E-state index is 13.0. The van der Waals surface area contributed by atoms with Crippen molar-refractivity contribution < 1.29 is 9.59 Å². The van der Waals surface area contributed by atoms with E-state index in [9.17, 15) is 9.59 Å². The Bertz CT molecular complexity index is 929. The fourth-order valence-electron chi connectivity index (χ4n) is 3.64. The minimum absolute atomic E-state index is 0.00374. The molecule has 6 heteroatoms. The fourth-order valence-corrected chi connectivity index (χ4v) is 4.33. The summed E-state index contributed by atoms with van der Waals surface area (Å²) in [6.45, 7) is 1.35. The van der Waals surface area contributed by atoms with Crippen LogP contribution in [0.4, 0.5) is 0 Å². The summed E-state index contributed by atoms with van der Waals surface area (Å²) in [7, 11) is 0. The van der Waals surface area contributed by atoms with Crippen LogP contribution in [0, 0.1) is 5.92 Å². The van der Waals surface area contributed by atoms with Crippen LogP contribution in [0.25, 0.3) is 0 Å². The first-order valence-electron chi connectivity index (χ1n) is 9.27. The number of aromatic nitrogens is 1. The van der Waals surface area contributed by atoms with E-state index in [2.05, 4.69) is 10.3 Å². The molecule has 142 valence electrons. The molecule has 2 atom stereocenters. The lowest BCUT2D eigenvalue weighted by atomic mass is 9.88.